The zero-order valence-corrected chi connectivity index (χ0v) is 19.3. The van der Waals surface area contributed by atoms with Crippen molar-refractivity contribution in [2.45, 2.75) is 50.4 Å². The molecule has 1 atom stereocenters. The fourth-order valence-corrected chi connectivity index (χ4v) is 4.86. The number of nitrogens with one attached hydrogen (secondary N) is 1. The molecule has 2 aliphatic rings. The molecule has 1 heterocycles. The van der Waals surface area contributed by atoms with Gasteiger partial charge in [0.2, 0.25) is 5.91 Å². The lowest BCUT2D eigenvalue weighted by Crippen LogP contribution is -2.50. The van der Waals surface area contributed by atoms with Crippen LogP contribution in [0.1, 0.15) is 50.5 Å². The quantitative estimate of drug-likeness (QED) is 0.355. The Bertz CT molecular complexity index is 717. The summed E-state index contributed by atoms with van der Waals surface area (Å²) in [6.45, 7) is 1.99. The lowest BCUT2D eigenvalue weighted by Gasteiger charge is -2.37. The minimum Gasteiger partial charge on any atom is -0.370 e. The van der Waals surface area contributed by atoms with E-state index in [1.165, 1.54) is 18.2 Å². The first-order valence-corrected chi connectivity index (χ1v) is 10.1. The second-order valence-electron chi connectivity index (χ2n) is 8.11. The van der Waals surface area contributed by atoms with Gasteiger partial charge in [0.15, 0.2) is 5.96 Å². The Labute approximate surface area is 188 Å². The largest absolute Gasteiger partial charge is 0.370 e. The number of carbonyl (C=O) groups is 1. The molecule has 1 aromatic rings. The summed E-state index contributed by atoms with van der Waals surface area (Å²) < 4.78 is 29.1. The topological polar surface area (TPSA) is 70.7 Å². The maximum atomic E-state index is 14.5. The van der Waals surface area contributed by atoms with Gasteiger partial charge in [0, 0.05) is 44.1 Å². The Kier molecular flexibility index (Phi) is 8.66. The summed E-state index contributed by atoms with van der Waals surface area (Å²) in [4.78, 5) is 17.8. The van der Waals surface area contributed by atoms with Gasteiger partial charge >= 0.3 is 0 Å². The van der Waals surface area contributed by atoms with Gasteiger partial charge in [0.05, 0.1) is 0 Å². The molecule has 0 aromatic heterocycles. The van der Waals surface area contributed by atoms with Crippen LogP contribution in [0.5, 0.6) is 0 Å². The molecule has 5 nitrogen and oxygen atoms in total. The van der Waals surface area contributed by atoms with Crippen LogP contribution in [0.4, 0.5) is 8.78 Å². The van der Waals surface area contributed by atoms with Crippen molar-refractivity contribution < 1.29 is 13.6 Å². The third-order valence-corrected chi connectivity index (χ3v) is 6.16. The summed E-state index contributed by atoms with van der Waals surface area (Å²) >= 11 is 0. The standard InChI is InChI=1S/C21H30F2N4O.HI/c1-25-20(27-11-5-6-15(13-27)12-18(24)28)26-14-21(9-2-3-10-21)19-16(22)7-4-8-17(19)23;/h4,7-8,15H,2-3,5-6,9-14H2,1H3,(H2,24,28)(H,25,26);1H. The average molecular weight is 520 g/mol. The van der Waals surface area contributed by atoms with Crippen LogP contribution >= 0.6 is 24.0 Å². The van der Waals surface area contributed by atoms with Crippen molar-refractivity contribution in [2.24, 2.45) is 16.6 Å². The van der Waals surface area contributed by atoms with Gasteiger partial charge in [-0.25, -0.2) is 8.78 Å². The summed E-state index contributed by atoms with van der Waals surface area (Å²) in [5, 5.41) is 3.38. The number of halogens is 3. The van der Waals surface area contributed by atoms with Crippen LogP contribution in [-0.2, 0) is 10.2 Å². The van der Waals surface area contributed by atoms with Gasteiger partial charge in [-0.05, 0) is 43.7 Å². The second kappa shape index (κ2) is 10.5. The predicted molar refractivity (Wildman–Crippen MR) is 121 cm³/mol. The van der Waals surface area contributed by atoms with E-state index in [1.54, 1.807) is 7.05 Å². The number of nitrogens with two attached hydrogens (primary N) is 1. The molecule has 0 bridgehead atoms. The summed E-state index contributed by atoms with van der Waals surface area (Å²) in [7, 11) is 1.71. The fraction of sp³-hybridized carbons (Fsp3) is 0.619. The van der Waals surface area contributed by atoms with Gasteiger partial charge in [-0.15, -0.1) is 24.0 Å². The highest BCUT2D eigenvalue weighted by Gasteiger charge is 2.40. The summed E-state index contributed by atoms with van der Waals surface area (Å²) in [5.74, 6) is -0.294. The van der Waals surface area contributed by atoms with E-state index < -0.39 is 17.0 Å². The number of nitrogens with zero attached hydrogens (tertiary/aromatic N) is 2. The summed E-state index contributed by atoms with van der Waals surface area (Å²) in [5.41, 5.74) is 4.99. The van der Waals surface area contributed by atoms with E-state index in [4.69, 9.17) is 5.73 Å². The molecule has 1 unspecified atom stereocenters. The molecule has 1 aliphatic heterocycles. The molecule has 0 radical (unpaired) electrons. The number of carbonyl (C=O) groups excluding carboxylic acids is 1. The van der Waals surface area contributed by atoms with Gasteiger partial charge in [0.1, 0.15) is 11.6 Å². The fourth-order valence-electron chi connectivity index (χ4n) is 4.86. The van der Waals surface area contributed by atoms with Crippen LogP contribution in [0.25, 0.3) is 0 Å². The van der Waals surface area contributed by atoms with Crippen molar-refractivity contribution in [2.75, 3.05) is 26.7 Å². The van der Waals surface area contributed by atoms with Gasteiger partial charge in [-0.3, -0.25) is 9.79 Å². The van der Waals surface area contributed by atoms with Gasteiger partial charge in [-0.1, -0.05) is 18.9 Å². The molecule has 1 saturated heterocycles. The van der Waals surface area contributed by atoms with Crippen LogP contribution in [0.15, 0.2) is 23.2 Å². The number of amides is 1. The molecular weight excluding hydrogens is 489 g/mol. The van der Waals surface area contributed by atoms with Crippen molar-refractivity contribution in [3.05, 3.63) is 35.4 Å². The number of likely N-dealkylation sites (tertiary alicyclic amines) is 1. The number of primary amides is 1. The molecule has 1 aliphatic carbocycles. The van der Waals surface area contributed by atoms with Crippen molar-refractivity contribution in [3.63, 3.8) is 0 Å². The number of rotatable bonds is 5. The Morgan fingerprint density at radius 1 is 1.28 bits per heavy atom. The molecule has 1 amide bonds. The lowest BCUT2D eigenvalue weighted by molar-refractivity contribution is -0.119. The third kappa shape index (κ3) is 5.58. The third-order valence-electron chi connectivity index (χ3n) is 6.16. The number of aliphatic imine (C=N–C) groups is 1. The van der Waals surface area contributed by atoms with E-state index in [0.29, 0.717) is 19.5 Å². The van der Waals surface area contributed by atoms with Crippen LogP contribution in [-0.4, -0.2) is 43.4 Å². The number of piperidine rings is 1. The van der Waals surface area contributed by atoms with Crippen molar-refractivity contribution in [3.8, 4) is 0 Å². The van der Waals surface area contributed by atoms with E-state index in [2.05, 4.69) is 15.2 Å². The van der Waals surface area contributed by atoms with E-state index in [1.807, 2.05) is 0 Å². The molecule has 162 valence electrons. The highest BCUT2D eigenvalue weighted by Crippen LogP contribution is 2.42. The molecule has 2 fully saturated rings. The van der Waals surface area contributed by atoms with Gasteiger partial charge in [0.25, 0.3) is 0 Å². The Morgan fingerprint density at radius 3 is 2.52 bits per heavy atom. The SMILES string of the molecule is CN=C(NCC1(c2c(F)cccc2F)CCCC1)N1CCCC(CC(N)=O)C1.I. The van der Waals surface area contributed by atoms with Crippen LogP contribution in [0, 0.1) is 17.6 Å². The number of hydrogen-bond donors (Lipinski definition) is 2. The molecule has 8 heteroatoms. The smallest absolute Gasteiger partial charge is 0.217 e. The van der Waals surface area contributed by atoms with Crippen molar-refractivity contribution >= 4 is 35.8 Å². The van der Waals surface area contributed by atoms with Gasteiger partial charge < -0.3 is 16.0 Å². The monoisotopic (exact) mass is 520 g/mol. The highest BCUT2D eigenvalue weighted by molar-refractivity contribution is 14.0. The first kappa shape index (κ1) is 23.8. The first-order valence-electron chi connectivity index (χ1n) is 10.1. The Morgan fingerprint density at radius 2 is 1.93 bits per heavy atom. The number of benzene rings is 1. The first-order chi connectivity index (χ1) is 13.4. The summed E-state index contributed by atoms with van der Waals surface area (Å²) in [6, 6.07) is 4.09. The van der Waals surface area contributed by atoms with Crippen LogP contribution in [0.3, 0.4) is 0 Å². The molecule has 3 N–H and O–H groups in total. The Hall–Kier alpha value is -1.45. The van der Waals surface area contributed by atoms with E-state index >= 15 is 0 Å². The average Bonchev–Trinajstić information content (AvgIpc) is 3.11. The predicted octanol–water partition coefficient (Wildman–Crippen LogP) is 3.56. The van der Waals surface area contributed by atoms with E-state index in [-0.39, 0.29) is 41.4 Å². The highest BCUT2D eigenvalue weighted by atomic mass is 127. The summed E-state index contributed by atoms with van der Waals surface area (Å²) in [6.07, 6.45) is 5.72. The zero-order valence-electron chi connectivity index (χ0n) is 16.9. The molecule has 1 aromatic carbocycles. The molecule has 29 heavy (non-hydrogen) atoms. The van der Waals surface area contributed by atoms with E-state index in [0.717, 1.165) is 51.0 Å². The van der Waals surface area contributed by atoms with Crippen molar-refractivity contribution in [1.29, 1.82) is 0 Å². The zero-order chi connectivity index (χ0) is 20.1. The number of guanidine groups is 1. The molecule has 1 saturated carbocycles. The lowest BCUT2D eigenvalue weighted by atomic mass is 9.78. The molecule has 3 rings (SSSR count). The molecule has 0 spiro atoms. The molecular formula is C21H31F2IN4O. The number of hydrogen-bond acceptors (Lipinski definition) is 2. The second-order valence-corrected chi connectivity index (χ2v) is 8.11. The minimum atomic E-state index is -0.562. The van der Waals surface area contributed by atoms with Crippen molar-refractivity contribution in [1.82, 2.24) is 10.2 Å². The minimum absolute atomic E-state index is 0. The normalized spacial score (nSPS) is 21.6. The maximum Gasteiger partial charge on any atom is 0.217 e. The van der Waals surface area contributed by atoms with Crippen LogP contribution in [0.2, 0.25) is 0 Å². The maximum absolute atomic E-state index is 14.5. The van der Waals surface area contributed by atoms with Gasteiger partial charge in [-0.2, -0.15) is 0 Å². The Balaban J connectivity index is 0.00000300. The van der Waals surface area contributed by atoms with E-state index in [9.17, 15) is 13.6 Å². The van der Waals surface area contributed by atoms with Crippen LogP contribution < -0.4 is 11.1 Å².